The van der Waals surface area contributed by atoms with Gasteiger partial charge in [-0.3, -0.25) is 20.0 Å². The van der Waals surface area contributed by atoms with Crippen LogP contribution in [0.1, 0.15) is 22.6 Å². The van der Waals surface area contributed by atoms with Gasteiger partial charge in [0.15, 0.2) is 6.29 Å². The van der Waals surface area contributed by atoms with Gasteiger partial charge < -0.3 is 15.2 Å². The molecule has 4 rings (SSSR count). The molecule has 0 aliphatic carbocycles. The van der Waals surface area contributed by atoms with E-state index in [-0.39, 0.29) is 18.8 Å². The zero-order valence-electron chi connectivity index (χ0n) is 19.9. The molecule has 0 amide bonds. The van der Waals surface area contributed by atoms with E-state index in [4.69, 9.17) is 4.74 Å². The van der Waals surface area contributed by atoms with Crippen LogP contribution in [0.15, 0.2) is 83.9 Å². The number of aliphatic carboxylic acids is 1. The molecule has 1 aliphatic heterocycles. The van der Waals surface area contributed by atoms with E-state index in [0.29, 0.717) is 13.1 Å². The Labute approximate surface area is 206 Å². The number of nitrogens with one attached hydrogen (secondary N) is 2. The number of carboxylic acids is 1. The minimum atomic E-state index is -0.810. The van der Waals surface area contributed by atoms with Crippen LogP contribution in [-0.2, 0) is 17.8 Å². The second-order valence-corrected chi connectivity index (χ2v) is 8.67. The number of methoxy groups -OCH3 is 1. The number of nitrogens with zero attached hydrogens (tertiary/aromatic N) is 2. The molecule has 3 aromatic carbocycles. The van der Waals surface area contributed by atoms with Crippen molar-refractivity contribution in [2.24, 2.45) is 4.99 Å². The Morgan fingerprint density at radius 1 is 1.06 bits per heavy atom. The van der Waals surface area contributed by atoms with E-state index in [9.17, 15) is 9.90 Å². The topological polar surface area (TPSA) is 86.2 Å². The fourth-order valence-electron chi connectivity index (χ4n) is 4.14. The Kier molecular flexibility index (Phi) is 8.48. The molecular weight excluding hydrogens is 440 g/mol. The Bertz CT molecular complexity index is 1100. The summed E-state index contributed by atoms with van der Waals surface area (Å²) in [6.45, 7) is 2.12. The van der Waals surface area contributed by atoms with Crippen LogP contribution in [0, 0.1) is 0 Å². The van der Waals surface area contributed by atoms with Crippen LogP contribution in [0.4, 0.5) is 5.69 Å². The second-order valence-electron chi connectivity index (χ2n) is 8.67. The molecule has 0 fully saturated rings. The monoisotopic (exact) mass is 472 g/mol. The van der Waals surface area contributed by atoms with Gasteiger partial charge in [0.25, 0.3) is 0 Å². The lowest BCUT2D eigenvalue weighted by Gasteiger charge is -2.25. The fourth-order valence-corrected chi connectivity index (χ4v) is 4.14. The SMILES string of the molecule is COc1ccc(C2C=NC(Nc3ccc(CCN(CC(=O)O)Cc4ccccc4)cc3)NC2)cc1. The normalized spacial score (nSPS) is 17.3. The summed E-state index contributed by atoms with van der Waals surface area (Å²) < 4.78 is 5.23. The number of carboxylic acid groups (broad SMARTS) is 1. The van der Waals surface area contributed by atoms with Crippen LogP contribution in [0.2, 0.25) is 0 Å². The van der Waals surface area contributed by atoms with E-state index in [1.807, 2.05) is 65.7 Å². The van der Waals surface area contributed by atoms with E-state index >= 15 is 0 Å². The van der Waals surface area contributed by atoms with Gasteiger partial charge in [0, 0.05) is 37.5 Å². The van der Waals surface area contributed by atoms with Gasteiger partial charge in [-0.2, -0.15) is 0 Å². The van der Waals surface area contributed by atoms with Gasteiger partial charge >= 0.3 is 5.97 Å². The lowest BCUT2D eigenvalue weighted by molar-refractivity contribution is -0.138. The van der Waals surface area contributed by atoms with Crippen LogP contribution < -0.4 is 15.4 Å². The lowest BCUT2D eigenvalue weighted by atomic mass is 9.99. The predicted octanol–water partition coefficient (Wildman–Crippen LogP) is 3.98. The molecule has 0 spiro atoms. The van der Waals surface area contributed by atoms with Crippen molar-refractivity contribution < 1.29 is 14.6 Å². The van der Waals surface area contributed by atoms with Crippen molar-refractivity contribution in [2.75, 3.05) is 32.1 Å². The number of benzene rings is 3. The summed E-state index contributed by atoms with van der Waals surface area (Å²) in [6.07, 6.45) is 2.60. The van der Waals surface area contributed by atoms with Crippen LogP contribution >= 0.6 is 0 Å². The quantitative estimate of drug-likeness (QED) is 0.391. The molecule has 2 unspecified atom stereocenters. The number of aliphatic imine (C=N–C) groups is 1. The lowest BCUT2D eigenvalue weighted by Crippen LogP contribution is -2.41. The molecule has 2 atom stereocenters. The molecule has 1 heterocycles. The van der Waals surface area contributed by atoms with E-state index in [2.05, 4.69) is 39.9 Å². The number of carbonyl (C=O) groups is 1. The highest BCUT2D eigenvalue weighted by molar-refractivity contribution is 5.70. The summed E-state index contributed by atoms with van der Waals surface area (Å²) in [5.74, 6) is 0.268. The molecule has 35 heavy (non-hydrogen) atoms. The minimum absolute atomic E-state index is 0.0252. The van der Waals surface area contributed by atoms with Crippen LogP contribution in [-0.4, -0.2) is 55.2 Å². The number of anilines is 1. The summed E-state index contributed by atoms with van der Waals surface area (Å²) >= 11 is 0. The standard InChI is InChI=1S/C28H32N4O3/c1-35-26-13-9-23(10-14-26)24-17-29-28(30-18-24)31-25-11-7-21(8-12-25)15-16-32(20-27(33)34)19-22-5-3-2-4-6-22/h2-14,17,24,28,30-31H,15-16,18-20H2,1H3,(H,33,34). The van der Waals surface area contributed by atoms with Crippen molar-refractivity contribution >= 4 is 17.9 Å². The number of ether oxygens (including phenoxy) is 1. The van der Waals surface area contributed by atoms with Gasteiger partial charge in [-0.05, 0) is 47.4 Å². The van der Waals surface area contributed by atoms with Crippen LogP contribution in [0.5, 0.6) is 5.75 Å². The average molecular weight is 473 g/mol. The van der Waals surface area contributed by atoms with Gasteiger partial charge in [-0.15, -0.1) is 0 Å². The summed E-state index contributed by atoms with van der Waals surface area (Å²) in [5, 5.41) is 16.1. The van der Waals surface area contributed by atoms with E-state index in [0.717, 1.165) is 30.0 Å². The third-order valence-corrected chi connectivity index (χ3v) is 6.07. The Morgan fingerprint density at radius 3 is 2.43 bits per heavy atom. The molecule has 3 aromatic rings. The van der Waals surface area contributed by atoms with Crippen molar-refractivity contribution in [1.82, 2.24) is 10.2 Å². The summed E-state index contributed by atoms with van der Waals surface area (Å²) in [5.41, 5.74) is 4.47. The first kappa shape index (κ1) is 24.4. The average Bonchev–Trinajstić information content (AvgIpc) is 2.89. The molecule has 0 saturated heterocycles. The zero-order valence-corrected chi connectivity index (χ0v) is 19.9. The molecule has 3 N–H and O–H groups in total. The molecule has 0 bridgehead atoms. The van der Waals surface area contributed by atoms with Crippen LogP contribution in [0.25, 0.3) is 0 Å². The van der Waals surface area contributed by atoms with Gasteiger partial charge in [-0.1, -0.05) is 54.6 Å². The highest BCUT2D eigenvalue weighted by Crippen LogP contribution is 2.20. The van der Waals surface area contributed by atoms with Crippen molar-refractivity contribution in [3.05, 3.63) is 95.6 Å². The van der Waals surface area contributed by atoms with E-state index in [1.54, 1.807) is 7.11 Å². The van der Waals surface area contributed by atoms with Crippen LogP contribution in [0.3, 0.4) is 0 Å². The number of hydrogen-bond donors (Lipinski definition) is 3. The summed E-state index contributed by atoms with van der Waals surface area (Å²) in [6, 6.07) is 26.3. The zero-order chi connectivity index (χ0) is 24.5. The van der Waals surface area contributed by atoms with Gasteiger partial charge in [0.05, 0.1) is 13.7 Å². The largest absolute Gasteiger partial charge is 0.497 e. The first-order valence-corrected chi connectivity index (χ1v) is 11.8. The highest BCUT2D eigenvalue weighted by Gasteiger charge is 2.17. The van der Waals surface area contributed by atoms with Gasteiger partial charge in [0.2, 0.25) is 0 Å². The maximum atomic E-state index is 11.3. The first-order chi connectivity index (χ1) is 17.1. The summed E-state index contributed by atoms with van der Waals surface area (Å²) in [7, 11) is 1.67. The molecule has 7 heteroatoms. The maximum Gasteiger partial charge on any atom is 0.317 e. The molecule has 0 radical (unpaired) electrons. The molecule has 1 aliphatic rings. The Hall–Kier alpha value is -3.68. The van der Waals surface area contributed by atoms with Crippen molar-refractivity contribution in [2.45, 2.75) is 25.2 Å². The molecule has 0 saturated carbocycles. The molecule has 7 nitrogen and oxygen atoms in total. The smallest absolute Gasteiger partial charge is 0.317 e. The Morgan fingerprint density at radius 2 is 1.80 bits per heavy atom. The molecule has 0 aromatic heterocycles. The first-order valence-electron chi connectivity index (χ1n) is 11.8. The number of hydrogen-bond acceptors (Lipinski definition) is 6. The maximum absolute atomic E-state index is 11.3. The molecule has 182 valence electrons. The third-order valence-electron chi connectivity index (χ3n) is 6.07. The summed E-state index contributed by atoms with van der Waals surface area (Å²) in [4.78, 5) is 17.9. The third kappa shape index (κ3) is 7.40. The second kappa shape index (κ2) is 12.1. The van der Waals surface area contributed by atoms with E-state index < -0.39 is 5.97 Å². The molecular formula is C28H32N4O3. The van der Waals surface area contributed by atoms with Crippen molar-refractivity contribution in [3.8, 4) is 5.75 Å². The van der Waals surface area contributed by atoms with Crippen molar-refractivity contribution in [3.63, 3.8) is 0 Å². The minimum Gasteiger partial charge on any atom is -0.497 e. The van der Waals surface area contributed by atoms with Gasteiger partial charge in [0.1, 0.15) is 5.75 Å². The van der Waals surface area contributed by atoms with Gasteiger partial charge in [-0.25, -0.2) is 0 Å². The number of rotatable bonds is 11. The van der Waals surface area contributed by atoms with E-state index in [1.165, 1.54) is 11.1 Å². The highest BCUT2D eigenvalue weighted by atomic mass is 16.5. The fraction of sp³-hybridized carbons (Fsp3) is 0.286. The predicted molar refractivity (Wildman–Crippen MR) is 139 cm³/mol. The Balaban J connectivity index is 1.27. The van der Waals surface area contributed by atoms with Crippen molar-refractivity contribution in [1.29, 1.82) is 0 Å².